The van der Waals surface area contributed by atoms with Crippen LogP contribution < -0.4 is 5.32 Å². The second-order valence-electron chi connectivity index (χ2n) is 5.52. The molecule has 2 aromatic rings. The third-order valence-electron chi connectivity index (χ3n) is 3.53. The molecule has 2 aromatic carbocycles. The quantitative estimate of drug-likeness (QED) is 0.490. The Morgan fingerprint density at radius 1 is 1.04 bits per heavy atom. The predicted molar refractivity (Wildman–Crippen MR) is 106 cm³/mol. The standard InChI is InChI=1S/C19H19Br2NO3/c1-13(19(24)25-12-17(21)11-20)22-18(23)16-9-7-15(8-10-16)14-5-3-2-4-6-14/h2-10,13,17H,11-12H2,1H3,(H,22,23)/t13-,17?/m0/s1. The summed E-state index contributed by atoms with van der Waals surface area (Å²) in [6.07, 6.45) is 0. The van der Waals surface area contributed by atoms with Crippen LogP contribution in [0.3, 0.4) is 0 Å². The predicted octanol–water partition coefficient (Wildman–Crippen LogP) is 4.17. The van der Waals surface area contributed by atoms with Crippen LogP contribution in [0.5, 0.6) is 0 Å². The average Bonchev–Trinajstić information content (AvgIpc) is 2.66. The molecule has 0 heterocycles. The van der Waals surface area contributed by atoms with E-state index in [0.717, 1.165) is 11.1 Å². The number of nitrogens with one attached hydrogen (secondary N) is 1. The molecule has 132 valence electrons. The molecule has 6 heteroatoms. The van der Waals surface area contributed by atoms with Crippen molar-refractivity contribution < 1.29 is 14.3 Å². The molecule has 0 saturated carbocycles. The fourth-order valence-corrected chi connectivity index (χ4v) is 2.44. The third-order valence-corrected chi connectivity index (χ3v) is 5.77. The Morgan fingerprint density at radius 2 is 1.64 bits per heavy atom. The van der Waals surface area contributed by atoms with Crippen LogP contribution in [0.2, 0.25) is 0 Å². The molecule has 0 aliphatic heterocycles. The van der Waals surface area contributed by atoms with Crippen LogP contribution in [0.15, 0.2) is 54.6 Å². The van der Waals surface area contributed by atoms with E-state index >= 15 is 0 Å². The Labute approximate surface area is 164 Å². The number of alkyl halides is 2. The number of ether oxygens (including phenoxy) is 1. The smallest absolute Gasteiger partial charge is 0.328 e. The summed E-state index contributed by atoms with van der Waals surface area (Å²) in [6.45, 7) is 1.85. The van der Waals surface area contributed by atoms with Crippen LogP contribution in [0.1, 0.15) is 17.3 Å². The molecular formula is C19H19Br2NO3. The van der Waals surface area contributed by atoms with Gasteiger partial charge in [-0.3, -0.25) is 4.79 Å². The van der Waals surface area contributed by atoms with Gasteiger partial charge >= 0.3 is 5.97 Å². The van der Waals surface area contributed by atoms with E-state index < -0.39 is 12.0 Å². The highest BCUT2D eigenvalue weighted by Crippen LogP contribution is 2.19. The summed E-state index contributed by atoms with van der Waals surface area (Å²) >= 11 is 6.64. The highest BCUT2D eigenvalue weighted by Gasteiger charge is 2.19. The second kappa shape index (κ2) is 9.73. The Morgan fingerprint density at radius 3 is 2.24 bits per heavy atom. The molecule has 4 nitrogen and oxygen atoms in total. The van der Waals surface area contributed by atoms with E-state index in [4.69, 9.17) is 4.74 Å². The minimum absolute atomic E-state index is 0.0462. The highest BCUT2D eigenvalue weighted by atomic mass is 79.9. The zero-order valence-electron chi connectivity index (χ0n) is 13.7. The summed E-state index contributed by atoms with van der Waals surface area (Å²) in [7, 11) is 0. The molecular weight excluding hydrogens is 450 g/mol. The van der Waals surface area contributed by atoms with Crippen molar-refractivity contribution in [2.75, 3.05) is 11.9 Å². The number of hydrogen-bond donors (Lipinski definition) is 1. The van der Waals surface area contributed by atoms with Gasteiger partial charge in [0.15, 0.2) is 0 Å². The first-order valence-electron chi connectivity index (χ1n) is 7.84. The number of carbonyl (C=O) groups excluding carboxylic acids is 2. The largest absolute Gasteiger partial charge is 0.463 e. The molecule has 2 rings (SSSR count). The average molecular weight is 469 g/mol. The first-order valence-corrected chi connectivity index (χ1v) is 9.88. The lowest BCUT2D eigenvalue weighted by atomic mass is 10.0. The molecule has 1 unspecified atom stereocenters. The zero-order chi connectivity index (χ0) is 18.2. The molecule has 0 aliphatic rings. The minimum atomic E-state index is -0.712. The van der Waals surface area contributed by atoms with Crippen molar-refractivity contribution in [3.63, 3.8) is 0 Å². The Hall–Kier alpha value is -1.66. The number of rotatable bonds is 7. The molecule has 25 heavy (non-hydrogen) atoms. The van der Waals surface area contributed by atoms with E-state index in [1.165, 1.54) is 0 Å². The lowest BCUT2D eigenvalue weighted by Crippen LogP contribution is -2.40. The molecule has 1 amide bonds. The SMILES string of the molecule is C[C@H](NC(=O)c1ccc(-c2ccccc2)cc1)C(=O)OCC(Br)CBr. The van der Waals surface area contributed by atoms with Gasteiger partial charge in [-0.1, -0.05) is 74.3 Å². The van der Waals surface area contributed by atoms with E-state index in [0.29, 0.717) is 10.9 Å². The summed E-state index contributed by atoms with van der Waals surface area (Å²) in [6, 6.07) is 16.5. The Bertz CT molecular complexity index is 704. The molecule has 0 aliphatic carbocycles. The van der Waals surface area contributed by atoms with Gasteiger partial charge in [-0.15, -0.1) is 0 Å². The van der Waals surface area contributed by atoms with Gasteiger partial charge in [0.05, 0.1) is 4.83 Å². The third kappa shape index (κ3) is 5.97. The summed E-state index contributed by atoms with van der Waals surface area (Å²) < 4.78 is 5.14. The van der Waals surface area contributed by atoms with Crippen LogP contribution in [-0.2, 0) is 9.53 Å². The van der Waals surface area contributed by atoms with Crippen LogP contribution in [0.25, 0.3) is 11.1 Å². The van der Waals surface area contributed by atoms with Gasteiger partial charge in [-0.05, 0) is 30.2 Å². The number of carbonyl (C=O) groups is 2. The zero-order valence-corrected chi connectivity index (χ0v) is 16.9. The van der Waals surface area contributed by atoms with Crippen molar-refractivity contribution in [3.8, 4) is 11.1 Å². The van der Waals surface area contributed by atoms with Gasteiger partial charge < -0.3 is 10.1 Å². The molecule has 0 fully saturated rings. The number of benzene rings is 2. The first-order chi connectivity index (χ1) is 12.0. The van der Waals surface area contributed by atoms with Gasteiger partial charge in [0.1, 0.15) is 12.6 Å². The van der Waals surface area contributed by atoms with Gasteiger partial charge in [-0.25, -0.2) is 4.79 Å². The van der Waals surface area contributed by atoms with Crippen LogP contribution in [-0.4, -0.2) is 34.7 Å². The van der Waals surface area contributed by atoms with Crippen LogP contribution in [0, 0.1) is 0 Å². The molecule has 2 atom stereocenters. The monoisotopic (exact) mass is 467 g/mol. The Balaban J connectivity index is 1.93. The lowest BCUT2D eigenvalue weighted by molar-refractivity contribution is -0.145. The van der Waals surface area contributed by atoms with E-state index in [-0.39, 0.29) is 17.3 Å². The molecule has 0 bridgehead atoms. The second-order valence-corrected chi connectivity index (χ2v) is 7.46. The summed E-state index contributed by atoms with van der Waals surface area (Å²) in [5, 5.41) is 3.33. The molecule has 0 spiro atoms. The number of esters is 1. The van der Waals surface area contributed by atoms with Crippen molar-refractivity contribution in [2.24, 2.45) is 0 Å². The molecule has 0 radical (unpaired) electrons. The highest BCUT2D eigenvalue weighted by molar-refractivity contribution is 9.12. The molecule has 1 N–H and O–H groups in total. The van der Waals surface area contributed by atoms with Crippen molar-refractivity contribution >= 4 is 43.7 Å². The van der Waals surface area contributed by atoms with Crippen LogP contribution >= 0.6 is 31.9 Å². The first kappa shape index (κ1) is 19.7. The van der Waals surface area contributed by atoms with Crippen molar-refractivity contribution in [2.45, 2.75) is 17.8 Å². The maximum Gasteiger partial charge on any atom is 0.328 e. The van der Waals surface area contributed by atoms with Crippen molar-refractivity contribution in [1.29, 1.82) is 0 Å². The normalized spacial score (nSPS) is 12.9. The van der Waals surface area contributed by atoms with Crippen LogP contribution in [0.4, 0.5) is 0 Å². The fourth-order valence-electron chi connectivity index (χ4n) is 2.13. The van der Waals surface area contributed by atoms with Crippen molar-refractivity contribution in [3.05, 3.63) is 60.2 Å². The summed E-state index contributed by atoms with van der Waals surface area (Å²) in [5.41, 5.74) is 2.61. The van der Waals surface area contributed by atoms with Gasteiger partial charge in [0.2, 0.25) is 0 Å². The van der Waals surface area contributed by atoms with E-state index in [1.807, 2.05) is 42.5 Å². The van der Waals surface area contributed by atoms with E-state index in [2.05, 4.69) is 37.2 Å². The maximum absolute atomic E-state index is 12.3. The minimum Gasteiger partial charge on any atom is -0.463 e. The number of amides is 1. The Kier molecular flexibility index (Phi) is 7.65. The molecule has 0 saturated heterocycles. The van der Waals surface area contributed by atoms with E-state index in [1.54, 1.807) is 19.1 Å². The maximum atomic E-state index is 12.3. The topological polar surface area (TPSA) is 55.4 Å². The summed E-state index contributed by atoms with van der Waals surface area (Å²) in [5.74, 6) is -0.764. The molecule has 0 aromatic heterocycles. The van der Waals surface area contributed by atoms with Crippen molar-refractivity contribution in [1.82, 2.24) is 5.32 Å². The lowest BCUT2D eigenvalue weighted by Gasteiger charge is -2.15. The van der Waals surface area contributed by atoms with Gasteiger partial charge in [-0.2, -0.15) is 0 Å². The summed E-state index contributed by atoms with van der Waals surface area (Å²) in [4.78, 5) is 24.2. The fraction of sp³-hybridized carbons (Fsp3) is 0.263. The van der Waals surface area contributed by atoms with Gasteiger partial charge in [0, 0.05) is 10.9 Å². The van der Waals surface area contributed by atoms with E-state index in [9.17, 15) is 9.59 Å². The number of hydrogen-bond acceptors (Lipinski definition) is 3. The van der Waals surface area contributed by atoms with Gasteiger partial charge in [0.25, 0.3) is 5.91 Å². The number of halogens is 2.